The van der Waals surface area contributed by atoms with E-state index in [4.69, 9.17) is 11.6 Å². The highest BCUT2D eigenvalue weighted by Crippen LogP contribution is 2.24. The molecular weight excluding hydrogens is 394 g/mol. The monoisotopic (exact) mass is 417 g/mol. The van der Waals surface area contributed by atoms with Crippen molar-refractivity contribution in [1.29, 1.82) is 0 Å². The van der Waals surface area contributed by atoms with Gasteiger partial charge in [-0.1, -0.05) is 25.5 Å². The summed E-state index contributed by atoms with van der Waals surface area (Å²) in [6, 6.07) is 9.79. The Morgan fingerprint density at radius 3 is 2.62 bits per heavy atom. The first-order valence-electron chi connectivity index (χ1n) is 9.26. The van der Waals surface area contributed by atoms with Gasteiger partial charge in [0, 0.05) is 17.9 Å². The number of carbonyl (C=O) groups is 3. The number of esters is 1. The standard InChI is InChI=1S/C21H24ClN3O4/c1-4-5-11-23-20(27)18-16(10-9-13(2)24-18)19(26)25-15-8-6-7-14(12-15)17(22)21(28)29-3/h6-10,12,17H,4-5,11H2,1-3H3,(H,23,27)(H,25,26). The van der Waals surface area contributed by atoms with Crippen LogP contribution in [0.3, 0.4) is 0 Å². The van der Waals surface area contributed by atoms with Crippen LogP contribution in [-0.2, 0) is 9.53 Å². The van der Waals surface area contributed by atoms with Crippen molar-refractivity contribution < 1.29 is 19.1 Å². The number of rotatable bonds is 8. The molecule has 0 fully saturated rings. The van der Waals surface area contributed by atoms with Crippen LogP contribution >= 0.6 is 11.6 Å². The number of amides is 2. The van der Waals surface area contributed by atoms with Crippen LogP contribution in [0.15, 0.2) is 36.4 Å². The first kappa shape index (κ1) is 22.4. The van der Waals surface area contributed by atoms with E-state index in [0.717, 1.165) is 12.8 Å². The van der Waals surface area contributed by atoms with Crippen LogP contribution in [0, 0.1) is 6.92 Å². The Balaban J connectivity index is 2.23. The smallest absolute Gasteiger partial charge is 0.328 e. The summed E-state index contributed by atoms with van der Waals surface area (Å²) in [4.78, 5) is 41.1. The third-order valence-electron chi connectivity index (χ3n) is 4.16. The first-order chi connectivity index (χ1) is 13.9. The molecule has 2 rings (SSSR count). The molecule has 1 heterocycles. The van der Waals surface area contributed by atoms with Gasteiger partial charge >= 0.3 is 5.97 Å². The van der Waals surface area contributed by atoms with Gasteiger partial charge in [0.1, 0.15) is 5.69 Å². The number of alkyl halides is 1. The predicted octanol–water partition coefficient (Wildman–Crippen LogP) is 3.63. The second-order valence-corrected chi connectivity index (χ2v) is 6.86. The van der Waals surface area contributed by atoms with E-state index in [-0.39, 0.29) is 11.3 Å². The Labute approximate surface area is 174 Å². The minimum Gasteiger partial charge on any atom is -0.468 e. The van der Waals surface area contributed by atoms with Crippen molar-refractivity contribution in [3.63, 3.8) is 0 Å². The normalized spacial score (nSPS) is 11.4. The molecule has 0 saturated heterocycles. The number of aromatic nitrogens is 1. The van der Waals surface area contributed by atoms with Crippen molar-refractivity contribution in [2.45, 2.75) is 32.1 Å². The fourth-order valence-electron chi connectivity index (χ4n) is 2.59. The number of nitrogens with one attached hydrogen (secondary N) is 2. The predicted molar refractivity (Wildman–Crippen MR) is 111 cm³/mol. The topological polar surface area (TPSA) is 97.4 Å². The van der Waals surface area contributed by atoms with E-state index in [1.165, 1.54) is 7.11 Å². The summed E-state index contributed by atoms with van der Waals surface area (Å²) in [6.07, 6.45) is 1.78. The van der Waals surface area contributed by atoms with Crippen LogP contribution in [0.1, 0.15) is 57.2 Å². The quantitative estimate of drug-likeness (QED) is 0.388. The molecular formula is C21H24ClN3O4. The average Bonchev–Trinajstić information content (AvgIpc) is 2.72. The second kappa shape index (κ2) is 10.6. The fourth-order valence-corrected chi connectivity index (χ4v) is 2.81. The first-order valence-corrected chi connectivity index (χ1v) is 9.70. The Morgan fingerprint density at radius 1 is 1.17 bits per heavy atom. The van der Waals surface area contributed by atoms with Gasteiger partial charge in [-0.05, 0) is 43.2 Å². The van der Waals surface area contributed by atoms with Crippen LogP contribution in [0.4, 0.5) is 5.69 Å². The molecule has 8 heteroatoms. The molecule has 1 atom stereocenters. The highest BCUT2D eigenvalue weighted by atomic mass is 35.5. The van der Waals surface area contributed by atoms with Gasteiger partial charge in [0.05, 0.1) is 12.7 Å². The molecule has 1 aromatic heterocycles. The highest BCUT2D eigenvalue weighted by molar-refractivity contribution is 6.30. The number of methoxy groups -OCH3 is 1. The second-order valence-electron chi connectivity index (χ2n) is 6.42. The molecule has 7 nitrogen and oxygen atoms in total. The molecule has 0 bridgehead atoms. The maximum Gasteiger partial charge on any atom is 0.328 e. The average molecular weight is 418 g/mol. The Hall–Kier alpha value is -2.93. The van der Waals surface area contributed by atoms with Crippen LogP contribution in [-0.4, -0.2) is 36.4 Å². The lowest BCUT2D eigenvalue weighted by atomic mass is 10.1. The van der Waals surface area contributed by atoms with Crippen LogP contribution in [0.2, 0.25) is 0 Å². The molecule has 0 aliphatic heterocycles. The van der Waals surface area contributed by atoms with Crippen molar-refractivity contribution in [3.8, 4) is 0 Å². The molecule has 1 aromatic carbocycles. The van der Waals surface area contributed by atoms with Gasteiger partial charge in [-0.15, -0.1) is 11.6 Å². The van der Waals surface area contributed by atoms with Gasteiger partial charge in [-0.2, -0.15) is 0 Å². The van der Waals surface area contributed by atoms with Crippen LogP contribution in [0.25, 0.3) is 0 Å². The number of pyridine rings is 1. The third kappa shape index (κ3) is 6.02. The zero-order valence-corrected chi connectivity index (χ0v) is 17.4. The lowest BCUT2D eigenvalue weighted by molar-refractivity contribution is -0.140. The summed E-state index contributed by atoms with van der Waals surface area (Å²) >= 11 is 6.08. The number of carbonyl (C=O) groups excluding carboxylic acids is 3. The van der Waals surface area contributed by atoms with Crippen molar-refractivity contribution in [2.75, 3.05) is 19.0 Å². The van der Waals surface area contributed by atoms with Gasteiger partial charge in [0.15, 0.2) is 5.38 Å². The van der Waals surface area contributed by atoms with Gasteiger partial charge in [-0.25, -0.2) is 4.98 Å². The van der Waals surface area contributed by atoms with E-state index in [1.54, 1.807) is 43.3 Å². The Bertz CT molecular complexity index is 901. The van der Waals surface area contributed by atoms with E-state index in [0.29, 0.717) is 23.5 Å². The molecule has 0 radical (unpaired) electrons. The van der Waals surface area contributed by atoms with Gasteiger partial charge in [-0.3, -0.25) is 14.4 Å². The molecule has 0 saturated carbocycles. The lowest BCUT2D eigenvalue weighted by Gasteiger charge is -2.12. The number of hydrogen-bond donors (Lipinski definition) is 2. The van der Waals surface area contributed by atoms with Crippen molar-refractivity contribution in [3.05, 3.63) is 58.9 Å². The van der Waals surface area contributed by atoms with Gasteiger partial charge < -0.3 is 15.4 Å². The fraction of sp³-hybridized carbons (Fsp3) is 0.333. The summed E-state index contributed by atoms with van der Waals surface area (Å²) in [7, 11) is 1.25. The number of ether oxygens (including phenoxy) is 1. The zero-order valence-electron chi connectivity index (χ0n) is 16.6. The van der Waals surface area contributed by atoms with Crippen LogP contribution < -0.4 is 10.6 Å². The van der Waals surface area contributed by atoms with Gasteiger partial charge in [0.2, 0.25) is 0 Å². The van der Waals surface area contributed by atoms with Crippen molar-refractivity contribution in [2.24, 2.45) is 0 Å². The number of aryl methyl sites for hydroxylation is 1. The maximum atomic E-state index is 12.8. The summed E-state index contributed by atoms with van der Waals surface area (Å²) in [5.74, 6) is -1.48. The van der Waals surface area contributed by atoms with Crippen molar-refractivity contribution in [1.82, 2.24) is 10.3 Å². The van der Waals surface area contributed by atoms with E-state index in [9.17, 15) is 14.4 Å². The summed E-state index contributed by atoms with van der Waals surface area (Å²) < 4.78 is 4.64. The molecule has 0 aliphatic carbocycles. The number of unbranched alkanes of at least 4 members (excludes halogenated alkanes) is 1. The molecule has 154 valence electrons. The minimum absolute atomic E-state index is 0.0690. The highest BCUT2D eigenvalue weighted by Gasteiger charge is 2.21. The largest absolute Gasteiger partial charge is 0.468 e. The Morgan fingerprint density at radius 2 is 1.93 bits per heavy atom. The maximum absolute atomic E-state index is 12.8. The summed E-state index contributed by atoms with van der Waals surface area (Å²) in [5, 5.41) is 4.51. The van der Waals surface area contributed by atoms with E-state index < -0.39 is 23.2 Å². The SMILES string of the molecule is CCCCNC(=O)c1nc(C)ccc1C(=O)Nc1cccc(C(Cl)C(=O)OC)c1. The number of benzene rings is 1. The van der Waals surface area contributed by atoms with Gasteiger partial charge in [0.25, 0.3) is 11.8 Å². The van der Waals surface area contributed by atoms with E-state index in [1.807, 2.05) is 6.92 Å². The lowest BCUT2D eigenvalue weighted by Crippen LogP contribution is -2.28. The van der Waals surface area contributed by atoms with Crippen molar-refractivity contribution >= 4 is 35.1 Å². The molecule has 2 N–H and O–H groups in total. The molecule has 29 heavy (non-hydrogen) atoms. The number of nitrogens with zero attached hydrogens (tertiary/aromatic N) is 1. The molecule has 2 aromatic rings. The third-order valence-corrected chi connectivity index (χ3v) is 4.59. The summed E-state index contributed by atoms with van der Waals surface area (Å²) in [5.41, 5.74) is 1.77. The number of anilines is 1. The Kier molecular flexibility index (Phi) is 8.15. The number of hydrogen-bond acceptors (Lipinski definition) is 5. The molecule has 1 unspecified atom stereocenters. The molecule has 0 aliphatic rings. The van der Waals surface area contributed by atoms with E-state index in [2.05, 4.69) is 20.4 Å². The number of halogens is 1. The molecule has 0 spiro atoms. The summed E-state index contributed by atoms with van der Waals surface area (Å²) in [6.45, 7) is 4.29. The molecule has 2 amide bonds. The van der Waals surface area contributed by atoms with Crippen LogP contribution in [0.5, 0.6) is 0 Å². The van der Waals surface area contributed by atoms with E-state index >= 15 is 0 Å². The minimum atomic E-state index is -0.988. The zero-order chi connectivity index (χ0) is 21.4.